The van der Waals surface area contributed by atoms with Crippen LogP contribution >= 0.6 is 10.7 Å². The second kappa shape index (κ2) is 6.02. The fraction of sp³-hybridized carbons (Fsp3) is 0.273. The van der Waals surface area contributed by atoms with Gasteiger partial charge in [0.05, 0.1) is 11.5 Å². The van der Waals surface area contributed by atoms with E-state index in [0.29, 0.717) is 6.61 Å². The van der Waals surface area contributed by atoms with E-state index in [2.05, 4.69) is 6.58 Å². The van der Waals surface area contributed by atoms with Crippen molar-refractivity contribution in [3.8, 4) is 5.75 Å². The maximum absolute atomic E-state index is 13.4. The number of unbranched alkanes of at least 4 members (excludes halogenated alkanes) is 1. The van der Waals surface area contributed by atoms with E-state index in [0.717, 1.165) is 18.9 Å². The summed E-state index contributed by atoms with van der Waals surface area (Å²) in [5.74, 6) is -0.733. The Hall–Kier alpha value is -1.07. The van der Waals surface area contributed by atoms with Crippen molar-refractivity contribution in [1.82, 2.24) is 0 Å². The molecular weight excluding hydrogens is 267 g/mol. The van der Waals surface area contributed by atoms with Crippen LogP contribution in [0.15, 0.2) is 35.7 Å². The molecular formula is C11H12ClFO3S. The highest BCUT2D eigenvalue weighted by molar-refractivity contribution is 8.13. The van der Waals surface area contributed by atoms with Crippen molar-refractivity contribution < 1.29 is 17.5 Å². The van der Waals surface area contributed by atoms with E-state index >= 15 is 0 Å². The van der Waals surface area contributed by atoms with Gasteiger partial charge >= 0.3 is 0 Å². The number of halogens is 2. The molecule has 0 bridgehead atoms. The predicted molar refractivity (Wildman–Crippen MR) is 64.4 cm³/mol. The lowest BCUT2D eigenvalue weighted by molar-refractivity contribution is 0.296. The molecule has 0 radical (unpaired) electrons. The first-order valence-corrected chi connectivity index (χ1v) is 7.24. The molecule has 3 nitrogen and oxygen atoms in total. The Labute approximate surface area is 104 Å². The summed E-state index contributed by atoms with van der Waals surface area (Å²) in [5, 5.41) is 0. The Balaban J connectivity index is 2.73. The van der Waals surface area contributed by atoms with Crippen LogP contribution in [0.3, 0.4) is 0 Å². The minimum atomic E-state index is -3.91. The lowest BCUT2D eigenvalue weighted by Gasteiger charge is -2.07. The number of ether oxygens (including phenoxy) is 1. The highest BCUT2D eigenvalue weighted by Crippen LogP contribution is 2.23. The van der Waals surface area contributed by atoms with Gasteiger partial charge in [-0.3, -0.25) is 0 Å². The average Bonchev–Trinajstić information content (AvgIpc) is 2.24. The maximum Gasteiger partial charge on any atom is 0.261 e. The molecule has 0 N–H and O–H groups in total. The average molecular weight is 279 g/mol. The van der Waals surface area contributed by atoms with Crippen LogP contribution in [0.25, 0.3) is 0 Å². The van der Waals surface area contributed by atoms with E-state index in [-0.39, 0.29) is 10.6 Å². The summed E-state index contributed by atoms with van der Waals surface area (Å²) in [6, 6.07) is 3.29. The standard InChI is InChI=1S/C11H12ClFO3S/c1-2-3-4-7-16-11-6-5-9(8-10(11)13)17(12,14)15/h2,5-6,8H,1,3-4,7H2. The Kier molecular flexibility index (Phi) is 4.96. The number of rotatable bonds is 6. The van der Waals surface area contributed by atoms with Crippen LogP contribution in [-0.2, 0) is 9.05 Å². The van der Waals surface area contributed by atoms with Crippen molar-refractivity contribution in [2.45, 2.75) is 17.7 Å². The molecule has 0 heterocycles. The zero-order chi connectivity index (χ0) is 12.9. The summed E-state index contributed by atoms with van der Waals surface area (Å²) in [5.41, 5.74) is 0. The van der Waals surface area contributed by atoms with Crippen LogP contribution in [0.4, 0.5) is 4.39 Å². The molecule has 0 aliphatic carbocycles. The molecule has 0 aliphatic rings. The first-order valence-electron chi connectivity index (χ1n) is 4.93. The monoisotopic (exact) mass is 278 g/mol. The number of hydrogen-bond acceptors (Lipinski definition) is 3. The van der Waals surface area contributed by atoms with Gasteiger partial charge in [0.15, 0.2) is 11.6 Å². The fourth-order valence-electron chi connectivity index (χ4n) is 1.16. The van der Waals surface area contributed by atoms with Gasteiger partial charge in [-0.05, 0) is 31.0 Å². The fourth-order valence-corrected chi connectivity index (χ4v) is 1.92. The summed E-state index contributed by atoms with van der Waals surface area (Å²) in [7, 11) is 1.17. The van der Waals surface area contributed by atoms with E-state index in [1.807, 2.05) is 0 Å². The summed E-state index contributed by atoms with van der Waals surface area (Å²) < 4.78 is 40.5. The van der Waals surface area contributed by atoms with Crippen LogP contribution < -0.4 is 4.74 Å². The van der Waals surface area contributed by atoms with Gasteiger partial charge in [0.25, 0.3) is 9.05 Å². The molecule has 0 saturated heterocycles. The molecule has 17 heavy (non-hydrogen) atoms. The molecule has 1 aromatic rings. The Bertz CT molecular complexity index is 499. The Morgan fingerprint density at radius 1 is 1.47 bits per heavy atom. The molecule has 1 aromatic carbocycles. The highest BCUT2D eigenvalue weighted by atomic mass is 35.7. The van der Waals surface area contributed by atoms with Gasteiger partial charge in [0, 0.05) is 10.7 Å². The van der Waals surface area contributed by atoms with Crippen LogP contribution in [0, 0.1) is 5.82 Å². The third-order valence-corrected chi connectivity index (χ3v) is 3.35. The predicted octanol–water partition coefficient (Wildman–Crippen LogP) is 3.10. The second-order valence-corrected chi connectivity index (χ2v) is 5.88. The van der Waals surface area contributed by atoms with Crippen LogP contribution in [0.1, 0.15) is 12.8 Å². The largest absolute Gasteiger partial charge is 0.491 e. The van der Waals surface area contributed by atoms with Crippen molar-refractivity contribution in [3.05, 3.63) is 36.7 Å². The van der Waals surface area contributed by atoms with Gasteiger partial charge in [0.1, 0.15) is 0 Å². The molecule has 0 amide bonds. The minimum absolute atomic E-state index is 0.0122. The molecule has 1 rings (SSSR count). The summed E-state index contributed by atoms with van der Waals surface area (Å²) in [6.07, 6.45) is 3.23. The van der Waals surface area contributed by atoms with Gasteiger partial charge in [-0.2, -0.15) is 0 Å². The SMILES string of the molecule is C=CCCCOc1ccc(S(=O)(=O)Cl)cc1F. The van der Waals surface area contributed by atoms with E-state index < -0.39 is 14.9 Å². The zero-order valence-corrected chi connectivity index (χ0v) is 10.6. The lowest BCUT2D eigenvalue weighted by atomic mass is 10.3. The van der Waals surface area contributed by atoms with Gasteiger partial charge in [-0.25, -0.2) is 12.8 Å². The Morgan fingerprint density at radius 3 is 2.71 bits per heavy atom. The van der Waals surface area contributed by atoms with E-state index in [1.165, 1.54) is 12.1 Å². The normalized spacial score (nSPS) is 11.2. The van der Waals surface area contributed by atoms with Crippen molar-refractivity contribution in [3.63, 3.8) is 0 Å². The molecule has 0 atom stereocenters. The summed E-state index contributed by atoms with van der Waals surface area (Å²) >= 11 is 0. The maximum atomic E-state index is 13.4. The van der Waals surface area contributed by atoms with Crippen LogP contribution in [0.5, 0.6) is 5.75 Å². The van der Waals surface area contributed by atoms with Crippen molar-refractivity contribution in [1.29, 1.82) is 0 Å². The summed E-state index contributed by atoms with van der Waals surface area (Å²) in [4.78, 5) is -0.282. The first-order chi connectivity index (χ1) is 7.95. The molecule has 0 aliphatic heterocycles. The van der Waals surface area contributed by atoms with Gasteiger partial charge in [0.2, 0.25) is 0 Å². The molecule has 94 valence electrons. The van der Waals surface area contributed by atoms with E-state index in [4.69, 9.17) is 15.4 Å². The number of allylic oxidation sites excluding steroid dienone is 1. The topological polar surface area (TPSA) is 43.4 Å². The molecule has 0 fully saturated rings. The van der Waals surface area contributed by atoms with Crippen molar-refractivity contribution in [2.24, 2.45) is 0 Å². The van der Waals surface area contributed by atoms with Gasteiger partial charge in [-0.15, -0.1) is 6.58 Å². The number of benzene rings is 1. The highest BCUT2D eigenvalue weighted by Gasteiger charge is 2.13. The smallest absolute Gasteiger partial charge is 0.261 e. The molecule has 6 heteroatoms. The molecule has 0 saturated carbocycles. The Morgan fingerprint density at radius 2 is 2.18 bits per heavy atom. The minimum Gasteiger partial charge on any atom is -0.491 e. The van der Waals surface area contributed by atoms with Crippen LogP contribution in [0.2, 0.25) is 0 Å². The first kappa shape index (κ1) is 14.0. The van der Waals surface area contributed by atoms with E-state index in [1.54, 1.807) is 6.08 Å². The van der Waals surface area contributed by atoms with E-state index in [9.17, 15) is 12.8 Å². The zero-order valence-electron chi connectivity index (χ0n) is 9.03. The molecule has 0 spiro atoms. The second-order valence-electron chi connectivity index (χ2n) is 3.31. The van der Waals surface area contributed by atoms with Crippen LogP contribution in [-0.4, -0.2) is 15.0 Å². The van der Waals surface area contributed by atoms with Gasteiger partial charge < -0.3 is 4.74 Å². The quantitative estimate of drug-likeness (QED) is 0.456. The lowest BCUT2D eigenvalue weighted by Crippen LogP contribution is -2.00. The van der Waals surface area contributed by atoms with Gasteiger partial charge in [-0.1, -0.05) is 6.08 Å². The van der Waals surface area contributed by atoms with Crippen molar-refractivity contribution in [2.75, 3.05) is 6.61 Å². The third kappa shape index (κ3) is 4.36. The summed E-state index contributed by atoms with van der Waals surface area (Å²) in [6.45, 7) is 3.89. The third-order valence-electron chi connectivity index (χ3n) is 2.00. The van der Waals surface area contributed by atoms with Crippen molar-refractivity contribution >= 4 is 19.7 Å². The molecule has 0 aromatic heterocycles. The number of hydrogen-bond donors (Lipinski definition) is 0. The molecule has 0 unspecified atom stereocenters.